The van der Waals surface area contributed by atoms with Gasteiger partial charge in [-0.1, -0.05) is 87.4 Å². The number of thiophene rings is 1. The molecule has 0 unspecified atom stereocenters. The van der Waals surface area contributed by atoms with Crippen molar-refractivity contribution in [2.75, 3.05) is 6.61 Å². The molecule has 0 spiro atoms. The van der Waals surface area contributed by atoms with E-state index in [4.69, 9.17) is 4.74 Å². The van der Waals surface area contributed by atoms with Gasteiger partial charge in [-0.15, -0.1) is 11.3 Å². The van der Waals surface area contributed by atoms with Gasteiger partial charge in [0.25, 0.3) is 0 Å². The number of hydrogen-bond donors (Lipinski definition) is 0. The van der Waals surface area contributed by atoms with Crippen LogP contribution in [0.3, 0.4) is 0 Å². The summed E-state index contributed by atoms with van der Waals surface area (Å²) in [4.78, 5) is 0.705. The Morgan fingerprint density at radius 1 is 0.604 bits per heavy atom. The lowest BCUT2D eigenvalue weighted by Gasteiger charge is -2.07. The fourth-order valence-corrected chi connectivity index (χ4v) is 6.96. The van der Waals surface area contributed by atoms with E-state index >= 15 is 0 Å². The van der Waals surface area contributed by atoms with E-state index in [1.807, 2.05) is 72.0 Å². The van der Waals surface area contributed by atoms with Crippen molar-refractivity contribution in [1.29, 1.82) is 0 Å². The Kier molecular flexibility index (Phi) is 12.8. The molecule has 6 heteroatoms. The second kappa shape index (κ2) is 17.2. The number of fused-ring (bicyclic) bond motifs is 1. The van der Waals surface area contributed by atoms with E-state index in [0.717, 1.165) is 40.5 Å². The van der Waals surface area contributed by atoms with Crippen LogP contribution in [0.25, 0.3) is 42.8 Å². The number of halogens is 4. The van der Waals surface area contributed by atoms with Gasteiger partial charge < -0.3 is 4.74 Å². The number of ether oxygens (including phenoxy) is 1. The summed E-state index contributed by atoms with van der Waals surface area (Å²) in [6, 6.07) is 32.7. The molecule has 5 aromatic carbocycles. The van der Waals surface area contributed by atoms with Gasteiger partial charge in [0, 0.05) is 14.0 Å². The molecule has 0 saturated heterocycles. The molecule has 0 aliphatic heterocycles. The van der Waals surface area contributed by atoms with Crippen LogP contribution in [0.1, 0.15) is 57.6 Å². The molecule has 0 atom stereocenters. The summed E-state index contributed by atoms with van der Waals surface area (Å²) >= 11 is 3.25. The van der Waals surface area contributed by atoms with Crippen LogP contribution in [0, 0.1) is 21.0 Å². The Hall–Kier alpha value is -3.62. The molecule has 0 N–H and O–H groups in total. The number of unbranched alkanes of at least 4 members (excludes halogenated alkanes) is 2. The quantitative estimate of drug-likeness (QED) is 0.119. The summed E-state index contributed by atoms with van der Waals surface area (Å²) in [5.74, 6) is -0.606. The molecule has 0 fully saturated rings. The smallest absolute Gasteiger partial charge is 0.182 e. The molecule has 0 aliphatic carbocycles. The molecule has 1 aromatic heterocycles. The number of aryl methyl sites for hydroxylation is 2. The van der Waals surface area contributed by atoms with Gasteiger partial charge in [0.2, 0.25) is 0 Å². The molecule has 0 amide bonds. The zero-order valence-corrected chi connectivity index (χ0v) is 30.6. The molecular weight excluding hydrogens is 736 g/mol. The number of benzene rings is 5. The minimum Gasteiger partial charge on any atom is -0.491 e. The van der Waals surface area contributed by atoms with E-state index in [2.05, 4.69) is 50.2 Å². The first kappa shape index (κ1) is 35.7. The Balaban J connectivity index is 0.000000214. The van der Waals surface area contributed by atoms with Gasteiger partial charge in [0.15, 0.2) is 11.6 Å². The molecule has 48 heavy (non-hydrogen) atoms. The topological polar surface area (TPSA) is 9.23 Å². The van der Waals surface area contributed by atoms with Gasteiger partial charge in [0.05, 0.1) is 11.3 Å². The summed E-state index contributed by atoms with van der Waals surface area (Å²) in [5, 5.41) is 0.752. The average Bonchev–Trinajstić information content (AvgIpc) is 3.55. The zero-order valence-electron chi connectivity index (χ0n) is 27.6. The lowest BCUT2D eigenvalue weighted by molar-refractivity contribution is 0.323. The zero-order chi connectivity index (χ0) is 34.0. The van der Waals surface area contributed by atoms with Gasteiger partial charge in [-0.25, -0.2) is 13.2 Å². The normalized spacial score (nSPS) is 11.0. The van der Waals surface area contributed by atoms with Crippen molar-refractivity contribution < 1.29 is 17.9 Å². The number of rotatable bonds is 11. The van der Waals surface area contributed by atoms with E-state index < -0.39 is 0 Å². The second-order valence-corrected chi connectivity index (χ2v) is 14.0. The number of hydrogen-bond acceptors (Lipinski definition) is 2. The maximum atomic E-state index is 15.0. The predicted octanol–water partition coefficient (Wildman–Crippen LogP) is 13.7. The van der Waals surface area contributed by atoms with Crippen LogP contribution in [-0.2, 0) is 12.8 Å². The Labute approximate surface area is 300 Å². The van der Waals surface area contributed by atoms with Crippen LogP contribution in [0.4, 0.5) is 13.2 Å². The van der Waals surface area contributed by atoms with Gasteiger partial charge in [0.1, 0.15) is 11.6 Å². The van der Waals surface area contributed by atoms with Crippen LogP contribution in [0.15, 0.2) is 103 Å². The molecule has 248 valence electrons. The SMILES string of the molecule is CCCCc1ccc(-c2ccc(-c3cc4ccc(OCC)c(F)c4s3)c(F)c2)cc1.CCCCc1ccc(-c2ccc(I)c(F)c2)cc1. The fourth-order valence-electron chi connectivity index (χ4n) is 5.51. The molecule has 0 radical (unpaired) electrons. The average molecular weight is 777 g/mol. The maximum absolute atomic E-state index is 15.0. The largest absolute Gasteiger partial charge is 0.491 e. The van der Waals surface area contributed by atoms with Crippen molar-refractivity contribution in [2.24, 2.45) is 0 Å². The van der Waals surface area contributed by atoms with Crippen LogP contribution >= 0.6 is 33.9 Å². The lowest BCUT2D eigenvalue weighted by atomic mass is 10.00. The molecule has 0 bridgehead atoms. The molecular formula is C42H40F3IOS. The minimum absolute atomic E-state index is 0.150. The lowest BCUT2D eigenvalue weighted by Crippen LogP contribution is -1.93. The standard InChI is InChI=1S/C26H24F2OS.C16H16FI/c1-3-5-6-17-7-9-18(10-8-17)19-11-13-21(22(27)15-19)24-16-20-12-14-23(29-4-2)25(28)26(20)30-24;1-2-3-4-12-5-7-13(8-6-12)14-9-10-16(18)15(17)11-14/h7-16H,3-6H2,1-2H3;5-11H,2-4H2,1H3. The highest BCUT2D eigenvalue weighted by atomic mass is 127. The van der Waals surface area contributed by atoms with Crippen molar-refractivity contribution in [3.8, 4) is 38.4 Å². The third kappa shape index (κ3) is 8.88. The molecule has 1 heterocycles. The van der Waals surface area contributed by atoms with Crippen molar-refractivity contribution in [1.82, 2.24) is 0 Å². The molecule has 0 saturated carbocycles. The first-order valence-corrected chi connectivity index (χ1v) is 18.5. The van der Waals surface area contributed by atoms with E-state index in [-0.39, 0.29) is 23.2 Å². The van der Waals surface area contributed by atoms with Gasteiger partial charge in [-0.05, 0) is 136 Å². The van der Waals surface area contributed by atoms with Crippen LogP contribution in [-0.4, -0.2) is 6.61 Å². The van der Waals surface area contributed by atoms with E-state index in [1.54, 1.807) is 24.3 Å². The summed E-state index contributed by atoms with van der Waals surface area (Å²) in [6.45, 7) is 6.60. The van der Waals surface area contributed by atoms with Gasteiger partial charge >= 0.3 is 0 Å². The first-order valence-electron chi connectivity index (χ1n) is 16.6. The van der Waals surface area contributed by atoms with Crippen LogP contribution in [0.5, 0.6) is 5.75 Å². The third-order valence-electron chi connectivity index (χ3n) is 8.26. The van der Waals surface area contributed by atoms with Crippen LogP contribution < -0.4 is 4.74 Å². The first-order chi connectivity index (χ1) is 23.3. The monoisotopic (exact) mass is 776 g/mol. The third-order valence-corrected chi connectivity index (χ3v) is 10.3. The highest BCUT2D eigenvalue weighted by Crippen LogP contribution is 2.39. The van der Waals surface area contributed by atoms with Crippen molar-refractivity contribution in [3.63, 3.8) is 0 Å². The van der Waals surface area contributed by atoms with Crippen molar-refractivity contribution in [3.05, 3.63) is 135 Å². The molecule has 6 aromatic rings. The molecule has 1 nitrogen and oxygen atoms in total. The summed E-state index contributed by atoms with van der Waals surface area (Å²) in [5.41, 5.74) is 6.98. The van der Waals surface area contributed by atoms with Gasteiger partial charge in [-0.3, -0.25) is 0 Å². The Morgan fingerprint density at radius 3 is 1.67 bits per heavy atom. The van der Waals surface area contributed by atoms with Crippen molar-refractivity contribution >= 4 is 44.0 Å². The molecule has 6 rings (SSSR count). The Bertz CT molecular complexity index is 1950. The highest BCUT2D eigenvalue weighted by Gasteiger charge is 2.15. The predicted molar refractivity (Wildman–Crippen MR) is 206 cm³/mol. The van der Waals surface area contributed by atoms with Gasteiger partial charge in [-0.2, -0.15) is 0 Å². The maximum Gasteiger partial charge on any atom is 0.182 e. The Morgan fingerprint density at radius 2 is 1.15 bits per heavy atom. The molecule has 0 aliphatic rings. The van der Waals surface area contributed by atoms with E-state index in [0.29, 0.717) is 25.3 Å². The fraction of sp³-hybridized carbons (Fsp3) is 0.238. The second-order valence-electron chi connectivity index (χ2n) is 11.8. The van der Waals surface area contributed by atoms with E-state index in [9.17, 15) is 13.2 Å². The summed E-state index contributed by atoms with van der Waals surface area (Å²) in [6.07, 6.45) is 6.96. The van der Waals surface area contributed by atoms with Crippen molar-refractivity contribution in [2.45, 2.75) is 59.3 Å². The summed E-state index contributed by atoms with van der Waals surface area (Å²) in [7, 11) is 0. The van der Waals surface area contributed by atoms with Crippen LogP contribution in [0.2, 0.25) is 0 Å². The summed E-state index contributed by atoms with van der Waals surface area (Å²) < 4.78 is 49.6. The minimum atomic E-state index is -0.384. The highest BCUT2D eigenvalue weighted by molar-refractivity contribution is 14.1. The van der Waals surface area contributed by atoms with E-state index in [1.165, 1.54) is 48.1 Å².